The van der Waals surface area contributed by atoms with Crippen molar-refractivity contribution in [1.82, 2.24) is 0 Å². The van der Waals surface area contributed by atoms with Crippen molar-refractivity contribution in [2.24, 2.45) is 0 Å². The van der Waals surface area contributed by atoms with Gasteiger partial charge in [0.25, 0.3) is 6.43 Å². The molecule has 0 saturated carbocycles. The number of ether oxygens (including phenoxy) is 1. The lowest BCUT2D eigenvalue weighted by atomic mass is 10.1. The molecule has 94 valence electrons. The maximum Gasteiger partial charge on any atom is 0.261 e. The van der Waals surface area contributed by atoms with Crippen molar-refractivity contribution in [2.45, 2.75) is 19.8 Å². The molecule has 0 aromatic heterocycles. The number of hydrogen-bond acceptors (Lipinski definition) is 2. The molecule has 17 heavy (non-hydrogen) atoms. The minimum atomic E-state index is -2.53. The predicted octanol–water partition coefficient (Wildman–Crippen LogP) is 2.99. The standard InChI is InChI=1S/C12H13F3O2/c1-8-6-9(2-3-10(8)13)11(16)4-5-17-7-12(14)15/h2-3,6,12H,4-5,7H2,1H3. The van der Waals surface area contributed by atoms with Crippen LogP contribution >= 0.6 is 0 Å². The van der Waals surface area contributed by atoms with E-state index in [1.165, 1.54) is 18.2 Å². The van der Waals surface area contributed by atoms with Gasteiger partial charge in [0.15, 0.2) is 5.78 Å². The SMILES string of the molecule is Cc1cc(C(=O)CCOCC(F)F)ccc1F. The van der Waals surface area contributed by atoms with E-state index in [-0.39, 0.29) is 24.6 Å². The number of aryl methyl sites for hydroxylation is 1. The Morgan fingerprint density at radius 1 is 1.41 bits per heavy atom. The van der Waals surface area contributed by atoms with Gasteiger partial charge >= 0.3 is 0 Å². The van der Waals surface area contributed by atoms with E-state index in [0.717, 1.165) is 0 Å². The summed E-state index contributed by atoms with van der Waals surface area (Å²) < 4.78 is 41.0. The first-order valence-corrected chi connectivity index (χ1v) is 5.16. The van der Waals surface area contributed by atoms with Gasteiger partial charge in [-0.25, -0.2) is 13.2 Å². The Labute approximate surface area is 97.4 Å². The molecule has 0 atom stereocenters. The molecule has 1 aromatic carbocycles. The van der Waals surface area contributed by atoms with Crippen molar-refractivity contribution in [3.8, 4) is 0 Å². The molecule has 0 amide bonds. The van der Waals surface area contributed by atoms with E-state index in [1.807, 2.05) is 0 Å². The fourth-order valence-corrected chi connectivity index (χ4v) is 1.30. The summed E-state index contributed by atoms with van der Waals surface area (Å²) in [6.45, 7) is 0.828. The Morgan fingerprint density at radius 3 is 2.71 bits per heavy atom. The lowest BCUT2D eigenvalue weighted by Crippen LogP contribution is -2.09. The van der Waals surface area contributed by atoms with Crippen LogP contribution in [0.5, 0.6) is 0 Å². The molecule has 2 nitrogen and oxygen atoms in total. The Kier molecular flexibility index (Phi) is 5.15. The molecule has 0 aliphatic heterocycles. The van der Waals surface area contributed by atoms with Crippen LogP contribution < -0.4 is 0 Å². The lowest BCUT2D eigenvalue weighted by molar-refractivity contribution is 0.0170. The smallest absolute Gasteiger partial charge is 0.261 e. The molecule has 0 radical (unpaired) electrons. The highest BCUT2D eigenvalue weighted by atomic mass is 19.3. The molecule has 0 fully saturated rings. The summed E-state index contributed by atoms with van der Waals surface area (Å²) in [4.78, 5) is 11.6. The van der Waals surface area contributed by atoms with E-state index < -0.39 is 13.0 Å². The molecule has 5 heteroatoms. The van der Waals surface area contributed by atoms with Crippen LogP contribution in [0.2, 0.25) is 0 Å². The Bertz CT molecular complexity index is 391. The zero-order chi connectivity index (χ0) is 12.8. The molecule has 0 N–H and O–H groups in total. The highest BCUT2D eigenvalue weighted by Crippen LogP contribution is 2.11. The summed E-state index contributed by atoms with van der Waals surface area (Å²) in [5, 5.41) is 0. The molecule has 0 unspecified atom stereocenters. The van der Waals surface area contributed by atoms with Crippen molar-refractivity contribution in [1.29, 1.82) is 0 Å². The third-order valence-corrected chi connectivity index (χ3v) is 2.20. The van der Waals surface area contributed by atoms with Crippen LogP contribution in [0.25, 0.3) is 0 Å². The van der Waals surface area contributed by atoms with Gasteiger partial charge in [-0.15, -0.1) is 0 Å². The summed E-state index contributed by atoms with van der Waals surface area (Å²) in [5.74, 6) is -0.627. The molecular weight excluding hydrogens is 233 g/mol. The molecular formula is C12H13F3O2. The topological polar surface area (TPSA) is 26.3 Å². The summed E-state index contributed by atoms with van der Waals surface area (Å²) in [6, 6.07) is 4.02. The molecule has 0 saturated heterocycles. The van der Waals surface area contributed by atoms with E-state index in [1.54, 1.807) is 6.92 Å². The third-order valence-electron chi connectivity index (χ3n) is 2.20. The Balaban J connectivity index is 2.44. The normalized spacial score (nSPS) is 10.9. The van der Waals surface area contributed by atoms with Gasteiger partial charge in [0.05, 0.1) is 6.61 Å². The average molecular weight is 246 g/mol. The largest absolute Gasteiger partial charge is 0.375 e. The first kappa shape index (κ1) is 13.7. The average Bonchev–Trinajstić information content (AvgIpc) is 2.27. The van der Waals surface area contributed by atoms with E-state index >= 15 is 0 Å². The zero-order valence-corrected chi connectivity index (χ0v) is 9.38. The number of alkyl halides is 2. The molecule has 0 bridgehead atoms. The first-order valence-electron chi connectivity index (χ1n) is 5.16. The minimum absolute atomic E-state index is 0.0117. The maximum absolute atomic E-state index is 12.9. The van der Waals surface area contributed by atoms with Crippen molar-refractivity contribution >= 4 is 5.78 Å². The van der Waals surface area contributed by atoms with Crippen LogP contribution in [0.4, 0.5) is 13.2 Å². The van der Waals surface area contributed by atoms with Crippen LogP contribution in [-0.2, 0) is 4.74 Å². The number of Topliss-reactive ketones (excluding diaryl/α,β-unsaturated/α-hetero) is 1. The molecule has 1 aromatic rings. The van der Waals surface area contributed by atoms with Gasteiger partial charge in [-0.3, -0.25) is 4.79 Å². The van der Waals surface area contributed by atoms with Crippen molar-refractivity contribution < 1.29 is 22.7 Å². The molecule has 0 heterocycles. The lowest BCUT2D eigenvalue weighted by Gasteiger charge is -2.04. The first-order chi connectivity index (χ1) is 8.00. The van der Waals surface area contributed by atoms with Crippen LogP contribution in [-0.4, -0.2) is 25.4 Å². The number of halogens is 3. The van der Waals surface area contributed by atoms with Crippen molar-refractivity contribution in [2.75, 3.05) is 13.2 Å². The van der Waals surface area contributed by atoms with Crippen LogP contribution in [0.1, 0.15) is 22.3 Å². The van der Waals surface area contributed by atoms with E-state index in [0.29, 0.717) is 11.1 Å². The van der Waals surface area contributed by atoms with E-state index in [9.17, 15) is 18.0 Å². The van der Waals surface area contributed by atoms with Gasteiger partial charge < -0.3 is 4.74 Å². The molecule has 0 aliphatic rings. The zero-order valence-electron chi connectivity index (χ0n) is 9.38. The van der Waals surface area contributed by atoms with Gasteiger partial charge in [0.2, 0.25) is 0 Å². The van der Waals surface area contributed by atoms with Gasteiger partial charge in [0.1, 0.15) is 12.4 Å². The highest BCUT2D eigenvalue weighted by molar-refractivity contribution is 5.96. The quantitative estimate of drug-likeness (QED) is 0.569. The number of ketones is 1. The number of hydrogen-bond donors (Lipinski definition) is 0. The summed E-state index contributed by atoms with van der Waals surface area (Å²) in [5.41, 5.74) is 0.744. The fraction of sp³-hybridized carbons (Fsp3) is 0.417. The Morgan fingerprint density at radius 2 is 2.12 bits per heavy atom. The van der Waals surface area contributed by atoms with Crippen LogP contribution in [0.3, 0.4) is 0 Å². The Hall–Kier alpha value is -1.36. The van der Waals surface area contributed by atoms with Crippen LogP contribution in [0, 0.1) is 12.7 Å². The van der Waals surface area contributed by atoms with Gasteiger partial charge in [-0.1, -0.05) is 0 Å². The van der Waals surface area contributed by atoms with E-state index in [2.05, 4.69) is 4.74 Å². The minimum Gasteiger partial charge on any atom is -0.375 e. The van der Waals surface area contributed by atoms with Gasteiger partial charge in [0, 0.05) is 12.0 Å². The number of carbonyl (C=O) groups is 1. The summed E-state index contributed by atoms with van der Waals surface area (Å²) in [7, 11) is 0. The second-order valence-electron chi connectivity index (χ2n) is 3.60. The molecule has 0 aliphatic carbocycles. The summed E-state index contributed by atoms with van der Waals surface area (Å²) in [6.07, 6.45) is -2.52. The molecule has 0 spiro atoms. The fourth-order valence-electron chi connectivity index (χ4n) is 1.30. The third kappa shape index (κ3) is 4.56. The predicted molar refractivity (Wildman–Crippen MR) is 56.9 cm³/mol. The van der Waals surface area contributed by atoms with Gasteiger partial charge in [-0.05, 0) is 30.7 Å². The number of benzene rings is 1. The highest BCUT2D eigenvalue weighted by Gasteiger charge is 2.09. The number of rotatable bonds is 6. The van der Waals surface area contributed by atoms with Crippen molar-refractivity contribution in [3.63, 3.8) is 0 Å². The summed E-state index contributed by atoms with van der Waals surface area (Å²) >= 11 is 0. The van der Waals surface area contributed by atoms with E-state index in [4.69, 9.17) is 0 Å². The van der Waals surface area contributed by atoms with Crippen LogP contribution in [0.15, 0.2) is 18.2 Å². The molecule has 1 rings (SSSR count). The number of carbonyl (C=O) groups excluding carboxylic acids is 1. The maximum atomic E-state index is 12.9. The second kappa shape index (κ2) is 6.39. The second-order valence-corrected chi connectivity index (χ2v) is 3.60. The van der Waals surface area contributed by atoms with Crippen molar-refractivity contribution in [3.05, 3.63) is 35.1 Å². The van der Waals surface area contributed by atoms with Gasteiger partial charge in [-0.2, -0.15) is 0 Å². The monoisotopic (exact) mass is 246 g/mol.